The Kier molecular flexibility index (Phi) is 3.18. The Hall–Kier alpha value is -1.86. The van der Waals surface area contributed by atoms with Gasteiger partial charge in [-0.15, -0.1) is 11.3 Å². The van der Waals surface area contributed by atoms with Crippen LogP contribution < -0.4 is 0 Å². The number of ketones is 1. The van der Waals surface area contributed by atoms with Crippen LogP contribution in [0.1, 0.15) is 21.8 Å². The van der Waals surface area contributed by atoms with E-state index < -0.39 is 0 Å². The molecule has 0 aliphatic heterocycles. The maximum atomic E-state index is 12.1. The number of thiophene rings is 1. The summed E-state index contributed by atoms with van der Waals surface area (Å²) in [6, 6.07) is 9.38. The maximum Gasteiger partial charge on any atom is 0.219 e. The summed E-state index contributed by atoms with van der Waals surface area (Å²) < 4.78 is 1.82. The minimum Gasteiger partial charge on any atom is -0.344 e. The van der Waals surface area contributed by atoms with E-state index in [9.17, 15) is 4.79 Å². The van der Waals surface area contributed by atoms with Crippen LogP contribution in [0.4, 0.5) is 0 Å². The highest BCUT2D eigenvalue weighted by atomic mass is 32.1. The van der Waals surface area contributed by atoms with Crippen LogP contribution in [0.15, 0.2) is 35.8 Å². The Labute approximate surface area is 97.6 Å². The fraction of sp³-hybridized carbons (Fsp3) is 0.167. The third-order valence-electron chi connectivity index (χ3n) is 2.27. The molecule has 0 radical (unpaired) electrons. The predicted octanol–water partition coefficient (Wildman–Crippen LogP) is 2.69. The zero-order chi connectivity index (χ0) is 11.4. The van der Waals surface area contributed by atoms with Crippen molar-refractivity contribution in [1.29, 1.82) is 5.26 Å². The number of rotatable bonds is 4. The fourth-order valence-corrected chi connectivity index (χ4v) is 2.19. The molecular formula is C12H10N2OS. The summed E-state index contributed by atoms with van der Waals surface area (Å²) in [7, 11) is 0. The smallest absolute Gasteiger partial charge is 0.219 e. The topological polar surface area (TPSA) is 45.8 Å². The average molecular weight is 230 g/mol. The van der Waals surface area contributed by atoms with Crippen molar-refractivity contribution in [2.75, 3.05) is 0 Å². The molecule has 80 valence electrons. The van der Waals surface area contributed by atoms with Gasteiger partial charge in [0.1, 0.15) is 0 Å². The molecule has 0 saturated heterocycles. The summed E-state index contributed by atoms with van der Waals surface area (Å²) in [6.07, 6.45) is 2.25. The molecule has 2 rings (SSSR count). The van der Waals surface area contributed by atoms with Gasteiger partial charge in [0.2, 0.25) is 5.78 Å². The van der Waals surface area contributed by atoms with Gasteiger partial charge in [0.15, 0.2) is 0 Å². The first-order valence-electron chi connectivity index (χ1n) is 4.93. The predicted molar refractivity (Wildman–Crippen MR) is 62.4 cm³/mol. The van der Waals surface area contributed by atoms with Gasteiger partial charge in [-0.1, -0.05) is 6.07 Å². The molecule has 4 heteroatoms. The highest BCUT2D eigenvalue weighted by molar-refractivity contribution is 7.12. The van der Waals surface area contributed by atoms with Gasteiger partial charge < -0.3 is 4.57 Å². The molecule has 0 unspecified atom stereocenters. The molecule has 0 amide bonds. The number of hydrogen-bond acceptors (Lipinski definition) is 3. The highest BCUT2D eigenvalue weighted by Crippen LogP contribution is 2.15. The second kappa shape index (κ2) is 4.77. The monoisotopic (exact) mass is 230 g/mol. The Morgan fingerprint density at radius 1 is 1.44 bits per heavy atom. The van der Waals surface area contributed by atoms with Crippen LogP contribution in [-0.2, 0) is 6.54 Å². The third-order valence-corrected chi connectivity index (χ3v) is 3.14. The molecule has 0 aliphatic rings. The van der Waals surface area contributed by atoms with Crippen molar-refractivity contribution < 1.29 is 4.79 Å². The van der Waals surface area contributed by atoms with E-state index in [1.54, 1.807) is 6.07 Å². The largest absolute Gasteiger partial charge is 0.344 e. The van der Waals surface area contributed by atoms with Crippen molar-refractivity contribution in [2.45, 2.75) is 13.0 Å². The minimum atomic E-state index is 0.0259. The molecule has 0 spiro atoms. The van der Waals surface area contributed by atoms with E-state index in [1.165, 1.54) is 11.3 Å². The number of hydrogen-bond donors (Lipinski definition) is 0. The number of aromatic nitrogens is 1. The summed E-state index contributed by atoms with van der Waals surface area (Å²) in [6.45, 7) is 0.565. The zero-order valence-electron chi connectivity index (χ0n) is 8.59. The SMILES string of the molecule is N#CCCn1cccc1C(=O)c1cccs1. The Bertz CT molecular complexity index is 519. The van der Waals surface area contributed by atoms with Crippen molar-refractivity contribution >= 4 is 17.1 Å². The van der Waals surface area contributed by atoms with Crippen molar-refractivity contribution in [2.24, 2.45) is 0 Å². The highest BCUT2D eigenvalue weighted by Gasteiger charge is 2.13. The first kappa shape index (κ1) is 10.7. The van der Waals surface area contributed by atoms with Gasteiger partial charge in [-0.2, -0.15) is 5.26 Å². The lowest BCUT2D eigenvalue weighted by molar-refractivity contribution is 0.103. The van der Waals surface area contributed by atoms with Crippen LogP contribution in [0.3, 0.4) is 0 Å². The number of carbonyl (C=O) groups is 1. The second-order valence-corrected chi connectivity index (χ2v) is 4.25. The summed E-state index contributed by atoms with van der Waals surface area (Å²) >= 11 is 1.43. The molecule has 2 aromatic heterocycles. The Morgan fingerprint density at radius 3 is 3.00 bits per heavy atom. The van der Waals surface area contributed by atoms with E-state index in [1.807, 2.05) is 34.3 Å². The van der Waals surface area contributed by atoms with Crippen molar-refractivity contribution in [3.05, 3.63) is 46.4 Å². The van der Waals surface area contributed by atoms with Crippen molar-refractivity contribution in [3.8, 4) is 6.07 Å². The van der Waals surface area contributed by atoms with Crippen LogP contribution >= 0.6 is 11.3 Å². The molecule has 0 aliphatic carbocycles. The van der Waals surface area contributed by atoms with Crippen LogP contribution in [0.25, 0.3) is 0 Å². The van der Waals surface area contributed by atoms with Gasteiger partial charge in [-0.05, 0) is 23.6 Å². The number of carbonyl (C=O) groups excluding carboxylic acids is 1. The zero-order valence-corrected chi connectivity index (χ0v) is 9.41. The molecule has 0 fully saturated rings. The summed E-state index contributed by atoms with van der Waals surface area (Å²) in [5, 5.41) is 10.4. The van der Waals surface area contributed by atoms with Gasteiger partial charge in [-0.3, -0.25) is 4.79 Å². The van der Waals surface area contributed by atoms with E-state index >= 15 is 0 Å². The van der Waals surface area contributed by atoms with Crippen LogP contribution in [0, 0.1) is 11.3 Å². The van der Waals surface area contributed by atoms with Gasteiger partial charge in [-0.25, -0.2) is 0 Å². The number of nitriles is 1. The van der Waals surface area contributed by atoms with Crippen molar-refractivity contribution in [3.63, 3.8) is 0 Å². The second-order valence-electron chi connectivity index (χ2n) is 3.30. The van der Waals surface area contributed by atoms with Crippen LogP contribution in [0.2, 0.25) is 0 Å². The van der Waals surface area contributed by atoms with E-state index in [2.05, 4.69) is 6.07 Å². The van der Waals surface area contributed by atoms with Gasteiger partial charge in [0, 0.05) is 12.7 Å². The van der Waals surface area contributed by atoms with E-state index in [0.717, 1.165) is 4.88 Å². The molecule has 16 heavy (non-hydrogen) atoms. The molecule has 0 aromatic carbocycles. The molecule has 2 heterocycles. The summed E-state index contributed by atoms with van der Waals surface area (Å²) in [5.74, 6) is 0.0259. The minimum absolute atomic E-state index is 0.0259. The molecule has 2 aromatic rings. The van der Waals surface area contributed by atoms with Gasteiger partial charge in [0.05, 0.1) is 23.1 Å². The van der Waals surface area contributed by atoms with E-state index in [4.69, 9.17) is 5.26 Å². The van der Waals surface area contributed by atoms with Crippen LogP contribution in [-0.4, -0.2) is 10.4 Å². The average Bonchev–Trinajstić information content (AvgIpc) is 2.96. The first-order chi connectivity index (χ1) is 7.83. The van der Waals surface area contributed by atoms with Crippen molar-refractivity contribution in [1.82, 2.24) is 4.57 Å². The molecule has 0 N–H and O–H groups in total. The maximum absolute atomic E-state index is 12.1. The lowest BCUT2D eigenvalue weighted by Crippen LogP contribution is -2.08. The normalized spacial score (nSPS) is 9.94. The van der Waals surface area contributed by atoms with Gasteiger partial charge in [0.25, 0.3) is 0 Å². The standard InChI is InChI=1S/C12H10N2OS/c13-6-3-8-14-7-1-4-10(14)12(15)11-5-2-9-16-11/h1-2,4-5,7,9H,3,8H2. The molecular weight excluding hydrogens is 220 g/mol. The lowest BCUT2D eigenvalue weighted by atomic mass is 10.2. The summed E-state index contributed by atoms with van der Waals surface area (Å²) in [4.78, 5) is 12.8. The molecule has 3 nitrogen and oxygen atoms in total. The molecule has 0 bridgehead atoms. The Balaban J connectivity index is 2.24. The lowest BCUT2D eigenvalue weighted by Gasteiger charge is -2.04. The van der Waals surface area contributed by atoms with Gasteiger partial charge >= 0.3 is 0 Å². The quantitative estimate of drug-likeness (QED) is 0.758. The fourth-order valence-electron chi connectivity index (χ4n) is 1.52. The number of nitrogens with zero attached hydrogens (tertiary/aromatic N) is 2. The van der Waals surface area contributed by atoms with E-state index in [0.29, 0.717) is 18.7 Å². The van der Waals surface area contributed by atoms with Crippen LogP contribution in [0.5, 0.6) is 0 Å². The third kappa shape index (κ3) is 2.05. The molecule has 0 atom stereocenters. The Morgan fingerprint density at radius 2 is 2.31 bits per heavy atom. The van der Waals surface area contributed by atoms with E-state index in [-0.39, 0.29) is 5.78 Å². The first-order valence-corrected chi connectivity index (χ1v) is 5.81. The number of aryl methyl sites for hydroxylation is 1. The molecule has 0 saturated carbocycles. The summed E-state index contributed by atoms with van der Waals surface area (Å²) in [5.41, 5.74) is 0.651.